The second-order valence-electron chi connectivity index (χ2n) is 6.04. The minimum Gasteiger partial charge on any atom is -0.480 e. The first kappa shape index (κ1) is 16.0. The van der Waals surface area contributed by atoms with Gasteiger partial charge in [-0.3, -0.25) is 4.79 Å². The van der Waals surface area contributed by atoms with Crippen molar-refractivity contribution in [3.8, 4) is 0 Å². The van der Waals surface area contributed by atoms with Gasteiger partial charge >= 0.3 is 5.97 Å². The molecule has 1 atom stereocenters. The highest BCUT2D eigenvalue weighted by Crippen LogP contribution is 2.22. The molecule has 0 aliphatic carbocycles. The van der Waals surface area contributed by atoms with Crippen molar-refractivity contribution in [1.82, 2.24) is 5.32 Å². The van der Waals surface area contributed by atoms with Crippen molar-refractivity contribution in [2.24, 2.45) is 5.41 Å². The third-order valence-electron chi connectivity index (χ3n) is 2.94. The lowest BCUT2D eigenvalue weighted by Gasteiger charge is -2.20. The number of aliphatic carboxylic acids is 1. The van der Waals surface area contributed by atoms with Crippen LogP contribution < -0.4 is 5.32 Å². The SMILES string of the molecule is CC(C)(C)CCCC(NC(=O)c1cc#ccc1)C(=O)O. The maximum absolute atomic E-state index is 11.9. The van der Waals surface area contributed by atoms with Gasteiger partial charge in [0, 0.05) is 11.6 Å². The van der Waals surface area contributed by atoms with Gasteiger partial charge in [0.2, 0.25) is 0 Å². The lowest BCUT2D eigenvalue weighted by atomic mass is 9.89. The second kappa shape index (κ2) is 6.95. The Labute approximate surface area is 120 Å². The zero-order valence-corrected chi connectivity index (χ0v) is 12.2. The van der Waals surface area contributed by atoms with Crippen molar-refractivity contribution in [1.29, 1.82) is 0 Å². The molecule has 2 N–H and O–H groups in total. The van der Waals surface area contributed by atoms with Gasteiger partial charge in [0.1, 0.15) is 6.04 Å². The minimum atomic E-state index is -1.00. The summed E-state index contributed by atoms with van der Waals surface area (Å²) in [7, 11) is 0. The summed E-state index contributed by atoms with van der Waals surface area (Å²) in [6.07, 6.45) is 2.11. The van der Waals surface area contributed by atoms with Crippen LogP contribution in [0.3, 0.4) is 0 Å². The van der Waals surface area contributed by atoms with E-state index >= 15 is 0 Å². The first-order valence-corrected chi connectivity index (χ1v) is 6.71. The molecule has 4 nitrogen and oxygen atoms in total. The Bertz CT molecular complexity index is 449. The van der Waals surface area contributed by atoms with Gasteiger partial charge in [-0.2, -0.15) is 0 Å². The van der Waals surface area contributed by atoms with Crippen molar-refractivity contribution < 1.29 is 14.7 Å². The topological polar surface area (TPSA) is 66.4 Å². The number of nitrogens with one attached hydrogen (secondary N) is 1. The van der Waals surface area contributed by atoms with Crippen LogP contribution in [0.4, 0.5) is 0 Å². The van der Waals surface area contributed by atoms with Crippen LogP contribution in [0.2, 0.25) is 0 Å². The van der Waals surface area contributed by atoms with Crippen LogP contribution >= 0.6 is 0 Å². The van der Waals surface area contributed by atoms with E-state index < -0.39 is 17.9 Å². The summed E-state index contributed by atoms with van der Waals surface area (Å²) in [6, 6.07) is 9.16. The number of carboxylic acid groups (broad SMARTS) is 1. The molecule has 0 aliphatic rings. The fourth-order valence-corrected chi connectivity index (χ4v) is 1.82. The standard InChI is InChI=1S/C16H21NO3/c1-16(2,3)11-7-10-13(15(19)20)17-14(18)12-8-5-4-6-9-12/h5,8-9,13H,7,10-11H2,1-3H3,(H,17,18)(H,19,20). The van der Waals surface area contributed by atoms with E-state index in [1.165, 1.54) is 6.07 Å². The molecule has 0 aliphatic heterocycles. The number of hydrogen-bond acceptors (Lipinski definition) is 2. The molecule has 1 aromatic carbocycles. The van der Waals surface area contributed by atoms with E-state index in [0.29, 0.717) is 12.0 Å². The molecule has 0 bridgehead atoms. The average Bonchev–Trinajstić information content (AvgIpc) is 2.37. The van der Waals surface area contributed by atoms with E-state index in [1.54, 1.807) is 12.1 Å². The molecule has 1 rings (SSSR count). The number of carboxylic acids is 1. The zero-order valence-electron chi connectivity index (χ0n) is 12.2. The van der Waals surface area contributed by atoms with E-state index in [0.717, 1.165) is 12.8 Å². The molecule has 1 unspecified atom stereocenters. The van der Waals surface area contributed by atoms with Crippen LogP contribution in [-0.4, -0.2) is 23.0 Å². The fourth-order valence-electron chi connectivity index (χ4n) is 1.82. The Hall–Kier alpha value is -2.02. The molecule has 4 heteroatoms. The first-order valence-electron chi connectivity index (χ1n) is 6.71. The van der Waals surface area contributed by atoms with E-state index in [-0.39, 0.29) is 5.41 Å². The molecule has 0 fully saturated rings. The molecule has 0 heterocycles. The van der Waals surface area contributed by atoms with Crippen molar-refractivity contribution in [3.63, 3.8) is 0 Å². The summed E-state index contributed by atoms with van der Waals surface area (Å²) < 4.78 is 0. The summed E-state index contributed by atoms with van der Waals surface area (Å²) in [5, 5.41) is 11.7. The smallest absolute Gasteiger partial charge is 0.326 e. The number of hydrogen-bond donors (Lipinski definition) is 2. The van der Waals surface area contributed by atoms with Crippen molar-refractivity contribution in [3.05, 3.63) is 35.9 Å². The molecule has 0 aromatic heterocycles. The Morgan fingerprint density at radius 3 is 2.55 bits per heavy atom. The summed E-state index contributed by atoms with van der Waals surface area (Å²) in [5.74, 6) is -1.39. The fraction of sp³-hybridized carbons (Fsp3) is 0.500. The van der Waals surface area contributed by atoms with Gasteiger partial charge in [-0.1, -0.05) is 39.3 Å². The van der Waals surface area contributed by atoms with Crippen molar-refractivity contribution >= 4 is 11.9 Å². The molecule has 20 heavy (non-hydrogen) atoms. The van der Waals surface area contributed by atoms with Crippen LogP contribution in [0.5, 0.6) is 0 Å². The third kappa shape index (κ3) is 5.75. The van der Waals surface area contributed by atoms with Crippen molar-refractivity contribution in [2.45, 2.75) is 46.1 Å². The average molecular weight is 275 g/mol. The lowest BCUT2D eigenvalue weighted by molar-refractivity contribution is -0.139. The van der Waals surface area contributed by atoms with Crippen LogP contribution in [0, 0.1) is 17.5 Å². The van der Waals surface area contributed by atoms with Crippen molar-refractivity contribution in [2.75, 3.05) is 0 Å². The highest BCUT2D eigenvalue weighted by Gasteiger charge is 2.21. The molecular weight excluding hydrogens is 254 g/mol. The molecule has 1 amide bonds. The lowest BCUT2D eigenvalue weighted by Crippen LogP contribution is -2.40. The van der Waals surface area contributed by atoms with Crippen LogP contribution in [0.25, 0.3) is 0 Å². The number of amides is 1. The van der Waals surface area contributed by atoms with E-state index in [1.807, 2.05) is 0 Å². The molecule has 0 spiro atoms. The highest BCUT2D eigenvalue weighted by atomic mass is 16.4. The highest BCUT2D eigenvalue weighted by molar-refractivity contribution is 5.96. The van der Waals surface area contributed by atoms with E-state index in [9.17, 15) is 9.59 Å². The number of carbonyl (C=O) groups excluding carboxylic acids is 1. The Morgan fingerprint density at radius 1 is 1.35 bits per heavy atom. The molecule has 108 valence electrons. The van der Waals surface area contributed by atoms with Gasteiger partial charge < -0.3 is 10.4 Å². The Morgan fingerprint density at radius 2 is 2.05 bits per heavy atom. The first-order chi connectivity index (χ1) is 9.29. The van der Waals surface area contributed by atoms with Gasteiger partial charge in [-0.15, -0.1) is 0 Å². The summed E-state index contributed by atoms with van der Waals surface area (Å²) in [6.45, 7) is 6.33. The van der Waals surface area contributed by atoms with Gasteiger partial charge in [0.05, 0.1) is 0 Å². The summed E-state index contributed by atoms with van der Waals surface area (Å²) in [5.41, 5.74) is 0.558. The maximum Gasteiger partial charge on any atom is 0.326 e. The zero-order chi connectivity index (χ0) is 15.2. The third-order valence-corrected chi connectivity index (χ3v) is 2.94. The van der Waals surface area contributed by atoms with Crippen LogP contribution in [0.15, 0.2) is 18.2 Å². The Kier molecular flexibility index (Phi) is 5.57. The van der Waals surface area contributed by atoms with E-state index in [4.69, 9.17) is 5.11 Å². The summed E-state index contributed by atoms with van der Waals surface area (Å²) >= 11 is 0. The molecule has 0 saturated carbocycles. The van der Waals surface area contributed by atoms with Gasteiger partial charge in [-0.05, 0) is 30.4 Å². The molecule has 1 aromatic rings. The van der Waals surface area contributed by atoms with Crippen LogP contribution in [-0.2, 0) is 4.79 Å². The van der Waals surface area contributed by atoms with E-state index in [2.05, 4.69) is 38.2 Å². The maximum atomic E-state index is 11.9. The largest absolute Gasteiger partial charge is 0.480 e. The van der Waals surface area contributed by atoms with Gasteiger partial charge in [0.15, 0.2) is 0 Å². The predicted molar refractivity (Wildman–Crippen MR) is 76.3 cm³/mol. The second-order valence-corrected chi connectivity index (χ2v) is 6.04. The van der Waals surface area contributed by atoms with Gasteiger partial charge in [0.25, 0.3) is 5.91 Å². The number of carbonyl (C=O) groups is 2. The van der Waals surface area contributed by atoms with Crippen LogP contribution in [0.1, 0.15) is 50.4 Å². The monoisotopic (exact) mass is 275 g/mol. The van der Waals surface area contributed by atoms with Gasteiger partial charge in [-0.25, -0.2) is 4.79 Å². The normalized spacial score (nSPS) is 12.3. The molecule has 0 saturated heterocycles. The quantitative estimate of drug-likeness (QED) is 0.838. The predicted octanol–water partition coefficient (Wildman–Crippen LogP) is 2.69. The number of rotatable bonds is 6. The summed E-state index contributed by atoms with van der Waals surface area (Å²) in [4.78, 5) is 23.1. The molecular formula is C16H21NO3. The molecule has 0 radical (unpaired) electrons. The minimum absolute atomic E-state index is 0.164. The Balaban J connectivity index is 2.55.